The van der Waals surface area contributed by atoms with Crippen molar-refractivity contribution in [1.29, 1.82) is 0 Å². The van der Waals surface area contributed by atoms with Crippen LogP contribution in [0.5, 0.6) is 0 Å². The first-order valence-electron chi connectivity index (χ1n) is 9.91. The summed E-state index contributed by atoms with van der Waals surface area (Å²) in [6.45, 7) is 0. The van der Waals surface area contributed by atoms with Crippen molar-refractivity contribution in [1.82, 2.24) is 5.32 Å². The third-order valence-electron chi connectivity index (χ3n) is 5.25. The van der Waals surface area contributed by atoms with E-state index in [1.165, 1.54) is 23.9 Å². The minimum absolute atomic E-state index is 0.00921. The van der Waals surface area contributed by atoms with Gasteiger partial charge in [0.15, 0.2) is 0 Å². The molecule has 1 aliphatic carbocycles. The molecule has 2 amide bonds. The fourth-order valence-electron chi connectivity index (χ4n) is 3.81. The summed E-state index contributed by atoms with van der Waals surface area (Å²) in [6.07, 6.45) is 8.13. The van der Waals surface area contributed by atoms with Crippen molar-refractivity contribution in [3.05, 3.63) is 40.8 Å². The van der Waals surface area contributed by atoms with E-state index in [1.807, 2.05) is 12.0 Å². The molecule has 30 heavy (non-hydrogen) atoms. The molecule has 8 heteroatoms. The monoisotopic (exact) mass is 436 g/mol. The highest BCUT2D eigenvalue weighted by Crippen LogP contribution is 2.36. The fourth-order valence-corrected chi connectivity index (χ4v) is 4.89. The topological polar surface area (TPSA) is 49.4 Å². The minimum Gasteiger partial charge on any atom is -0.351 e. The first-order chi connectivity index (χ1) is 14.3. The lowest BCUT2D eigenvalue weighted by molar-refractivity contribution is -0.137. The van der Waals surface area contributed by atoms with Crippen molar-refractivity contribution in [3.63, 3.8) is 0 Å². The number of terminal acetylenes is 1. The smallest absolute Gasteiger partial charge is 0.351 e. The van der Waals surface area contributed by atoms with Crippen LogP contribution in [-0.4, -0.2) is 29.7 Å². The van der Waals surface area contributed by atoms with Crippen LogP contribution in [0.25, 0.3) is 0 Å². The van der Waals surface area contributed by atoms with Crippen molar-refractivity contribution >= 4 is 29.3 Å². The van der Waals surface area contributed by atoms with Gasteiger partial charge in [0.25, 0.3) is 0 Å². The van der Waals surface area contributed by atoms with Crippen LogP contribution >= 0.6 is 11.8 Å². The highest BCUT2D eigenvalue weighted by atomic mass is 32.2. The number of alkyl halides is 3. The van der Waals surface area contributed by atoms with Gasteiger partial charge in [-0.05, 0) is 43.4 Å². The van der Waals surface area contributed by atoms with Gasteiger partial charge >= 0.3 is 12.1 Å². The average Bonchev–Trinajstić information content (AvgIpc) is 3.25. The maximum atomic E-state index is 13.3. The molecule has 2 aliphatic rings. The Hall–Kier alpha value is -2.40. The maximum absolute atomic E-state index is 13.3. The standard InChI is InChI=1S/C22H23F3N2O2S/c1-2-19(28)27(17-11-6-8-15(14-17)22(23,24)25)20(18-12-7-13-30-18)21(29)26-16-9-4-3-5-10-16/h1,6,8,11-12,14,16,20H,3-5,7,9-10,13H2,(H,26,29). The van der Waals surface area contributed by atoms with E-state index in [1.54, 1.807) is 0 Å². The van der Waals surface area contributed by atoms with Crippen LogP contribution in [0.4, 0.5) is 18.9 Å². The van der Waals surface area contributed by atoms with E-state index in [0.29, 0.717) is 11.3 Å². The molecular weight excluding hydrogens is 413 g/mol. The lowest BCUT2D eigenvalue weighted by atomic mass is 9.95. The number of halogens is 3. The number of thioether (sulfide) groups is 1. The third-order valence-corrected chi connectivity index (χ3v) is 6.42. The molecule has 4 nitrogen and oxygen atoms in total. The van der Waals surface area contributed by atoms with Crippen LogP contribution in [0, 0.1) is 12.3 Å². The summed E-state index contributed by atoms with van der Waals surface area (Å²) in [4.78, 5) is 27.6. The Labute approximate surface area is 178 Å². The number of carbonyl (C=O) groups is 2. The Morgan fingerprint density at radius 3 is 2.57 bits per heavy atom. The van der Waals surface area contributed by atoms with Crippen molar-refractivity contribution < 1.29 is 22.8 Å². The second-order valence-corrected chi connectivity index (χ2v) is 8.53. The fraction of sp³-hybridized carbons (Fsp3) is 0.455. The normalized spacial score (nSPS) is 18.3. The van der Waals surface area contributed by atoms with Gasteiger partial charge < -0.3 is 5.32 Å². The van der Waals surface area contributed by atoms with Crippen LogP contribution in [0.15, 0.2) is 35.2 Å². The Balaban J connectivity index is 1.99. The lowest BCUT2D eigenvalue weighted by Gasteiger charge is -2.32. The van der Waals surface area contributed by atoms with Crippen LogP contribution in [-0.2, 0) is 15.8 Å². The Bertz CT molecular complexity index is 870. The number of carbonyl (C=O) groups excluding carboxylic acids is 2. The average molecular weight is 436 g/mol. The van der Waals surface area contributed by atoms with Gasteiger partial charge in [-0.3, -0.25) is 14.5 Å². The zero-order chi connectivity index (χ0) is 21.7. The summed E-state index contributed by atoms with van der Waals surface area (Å²) in [5.41, 5.74) is -0.959. The molecule has 1 saturated carbocycles. The van der Waals surface area contributed by atoms with Gasteiger partial charge in [-0.15, -0.1) is 18.2 Å². The Morgan fingerprint density at radius 2 is 1.97 bits per heavy atom. The SMILES string of the molecule is C#CC(=O)N(c1cccc(C(F)(F)F)c1)C(C(=O)NC1CCCCC1)C1=CCCS1. The van der Waals surface area contributed by atoms with Crippen molar-refractivity contribution in [2.24, 2.45) is 0 Å². The van der Waals surface area contributed by atoms with Crippen LogP contribution in [0.3, 0.4) is 0 Å². The van der Waals surface area contributed by atoms with Crippen LogP contribution in [0.1, 0.15) is 44.1 Å². The summed E-state index contributed by atoms with van der Waals surface area (Å²) in [6, 6.07) is 3.25. The molecule has 1 aromatic rings. The summed E-state index contributed by atoms with van der Waals surface area (Å²) >= 11 is 1.42. The second kappa shape index (κ2) is 9.61. The molecule has 1 N–H and O–H groups in total. The summed E-state index contributed by atoms with van der Waals surface area (Å²) in [5, 5.41) is 2.99. The number of allylic oxidation sites excluding steroid dienone is 1. The largest absolute Gasteiger partial charge is 0.416 e. The number of benzene rings is 1. The van der Waals surface area contributed by atoms with E-state index in [2.05, 4.69) is 5.32 Å². The van der Waals surface area contributed by atoms with Crippen molar-refractivity contribution in [3.8, 4) is 12.3 Å². The molecule has 0 aromatic heterocycles. The second-order valence-electron chi connectivity index (χ2n) is 7.36. The highest BCUT2D eigenvalue weighted by Gasteiger charge is 2.37. The molecule has 1 fully saturated rings. The molecule has 0 saturated heterocycles. The molecule has 160 valence electrons. The molecular formula is C22H23F3N2O2S. The maximum Gasteiger partial charge on any atom is 0.416 e. The van der Waals surface area contributed by atoms with Gasteiger partial charge in [0.2, 0.25) is 5.91 Å². The lowest BCUT2D eigenvalue weighted by Crippen LogP contribution is -2.52. The first-order valence-corrected chi connectivity index (χ1v) is 10.9. The van der Waals surface area contributed by atoms with Crippen LogP contribution < -0.4 is 10.2 Å². The highest BCUT2D eigenvalue weighted by molar-refractivity contribution is 8.03. The van der Waals surface area contributed by atoms with E-state index in [4.69, 9.17) is 6.42 Å². The van der Waals surface area contributed by atoms with E-state index in [-0.39, 0.29) is 11.7 Å². The predicted octanol–water partition coefficient (Wildman–Crippen LogP) is 4.51. The number of anilines is 1. The number of amides is 2. The number of nitrogens with one attached hydrogen (secondary N) is 1. The predicted molar refractivity (Wildman–Crippen MR) is 112 cm³/mol. The molecule has 1 unspecified atom stereocenters. The van der Waals surface area contributed by atoms with Gasteiger partial charge in [0.05, 0.1) is 5.56 Å². The molecule has 1 aliphatic heterocycles. The molecule has 1 heterocycles. The van der Waals surface area contributed by atoms with Gasteiger partial charge in [-0.2, -0.15) is 13.2 Å². The van der Waals surface area contributed by atoms with Crippen molar-refractivity contribution in [2.75, 3.05) is 10.7 Å². The molecule has 1 atom stereocenters. The summed E-state index contributed by atoms with van der Waals surface area (Å²) < 4.78 is 39.7. The number of rotatable bonds is 5. The first kappa shape index (κ1) is 22.3. The molecule has 0 radical (unpaired) electrons. The van der Waals surface area contributed by atoms with E-state index in [0.717, 1.165) is 54.9 Å². The Morgan fingerprint density at radius 1 is 1.23 bits per heavy atom. The van der Waals surface area contributed by atoms with E-state index < -0.39 is 29.6 Å². The number of hydrogen-bond donors (Lipinski definition) is 1. The number of hydrogen-bond acceptors (Lipinski definition) is 3. The van der Waals surface area contributed by atoms with E-state index in [9.17, 15) is 22.8 Å². The van der Waals surface area contributed by atoms with E-state index >= 15 is 0 Å². The minimum atomic E-state index is -4.58. The zero-order valence-electron chi connectivity index (χ0n) is 16.4. The Kier molecular flexibility index (Phi) is 7.14. The molecule has 3 rings (SSSR count). The van der Waals surface area contributed by atoms with Crippen LogP contribution in [0.2, 0.25) is 0 Å². The van der Waals surface area contributed by atoms with Gasteiger partial charge in [-0.25, -0.2) is 0 Å². The quantitative estimate of drug-likeness (QED) is 0.691. The summed E-state index contributed by atoms with van der Waals surface area (Å²) in [7, 11) is 0. The molecule has 0 bridgehead atoms. The van der Waals surface area contributed by atoms with Gasteiger partial charge in [-0.1, -0.05) is 31.4 Å². The summed E-state index contributed by atoms with van der Waals surface area (Å²) in [5.74, 6) is 1.44. The third kappa shape index (κ3) is 5.20. The molecule has 1 aromatic carbocycles. The van der Waals surface area contributed by atoms with Gasteiger partial charge in [0, 0.05) is 22.4 Å². The number of nitrogens with zero attached hydrogens (tertiary/aromatic N) is 1. The van der Waals surface area contributed by atoms with Crippen molar-refractivity contribution in [2.45, 2.75) is 56.8 Å². The van der Waals surface area contributed by atoms with Gasteiger partial charge in [0.1, 0.15) is 6.04 Å². The molecule has 0 spiro atoms. The zero-order valence-corrected chi connectivity index (χ0v) is 17.2.